The van der Waals surface area contributed by atoms with E-state index in [9.17, 15) is 4.79 Å². The maximum Gasteiger partial charge on any atom is 0.320 e. The Labute approximate surface area is 102 Å². The number of carboxylic acid groups (broad SMARTS) is 1. The topological polar surface area (TPSA) is 128 Å². The Balaban J connectivity index is 2.42. The molecule has 1 atom stereocenters. The van der Waals surface area contributed by atoms with Crippen LogP contribution in [0.3, 0.4) is 0 Å². The van der Waals surface area contributed by atoms with Crippen LogP contribution in [-0.2, 0) is 11.2 Å². The zero-order valence-electron chi connectivity index (χ0n) is 9.37. The van der Waals surface area contributed by atoms with Gasteiger partial charge in [0, 0.05) is 34.1 Å². The van der Waals surface area contributed by atoms with E-state index in [2.05, 4.69) is 15.0 Å². The van der Waals surface area contributed by atoms with Gasteiger partial charge < -0.3 is 15.8 Å². The van der Waals surface area contributed by atoms with Crippen molar-refractivity contribution in [1.29, 1.82) is 0 Å². The maximum absolute atomic E-state index is 10.7. The van der Waals surface area contributed by atoms with Gasteiger partial charge in [0.25, 0.3) is 0 Å². The Kier molecular flexibility index (Phi) is 3.18. The van der Waals surface area contributed by atoms with Gasteiger partial charge in [-0.05, 0) is 23.2 Å². The smallest absolute Gasteiger partial charge is 0.320 e. The first-order valence-corrected chi connectivity index (χ1v) is 5.25. The van der Waals surface area contributed by atoms with Crippen molar-refractivity contribution in [3.05, 3.63) is 40.4 Å². The van der Waals surface area contributed by atoms with Crippen LogP contribution < -0.4 is 5.73 Å². The molecule has 7 heteroatoms. The third kappa shape index (κ3) is 2.27. The lowest BCUT2D eigenvalue weighted by Crippen LogP contribution is -2.32. The Morgan fingerprint density at radius 2 is 2.39 bits per heavy atom. The summed E-state index contributed by atoms with van der Waals surface area (Å²) in [4.78, 5) is 16.5. The number of aromatic nitrogens is 1. The lowest BCUT2D eigenvalue weighted by atomic mass is 10.1. The minimum absolute atomic E-state index is 0.217. The number of carboxylic acids is 1. The number of hydrogen-bond acceptors (Lipinski definition) is 3. The van der Waals surface area contributed by atoms with Crippen LogP contribution in [0.5, 0.6) is 0 Å². The molecule has 1 aromatic heterocycles. The normalized spacial score (nSPS) is 12.1. The second-order valence-corrected chi connectivity index (χ2v) is 3.88. The van der Waals surface area contributed by atoms with E-state index in [-0.39, 0.29) is 6.42 Å². The molecule has 2 aromatic rings. The first kappa shape index (κ1) is 12.0. The fourth-order valence-electron chi connectivity index (χ4n) is 1.77. The van der Waals surface area contributed by atoms with Crippen molar-refractivity contribution in [1.82, 2.24) is 4.98 Å². The zero-order chi connectivity index (χ0) is 13.1. The lowest BCUT2D eigenvalue weighted by Gasteiger charge is -2.04. The fourth-order valence-corrected chi connectivity index (χ4v) is 1.77. The minimum atomic E-state index is -1.05. The van der Waals surface area contributed by atoms with Gasteiger partial charge in [0.2, 0.25) is 0 Å². The van der Waals surface area contributed by atoms with E-state index in [0.717, 1.165) is 16.5 Å². The van der Waals surface area contributed by atoms with E-state index in [1.807, 2.05) is 0 Å². The molecular formula is C11H11N5O2. The van der Waals surface area contributed by atoms with Crippen molar-refractivity contribution in [2.45, 2.75) is 12.5 Å². The van der Waals surface area contributed by atoms with Crippen molar-refractivity contribution in [3.8, 4) is 0 Å². The standard InChI is InChI=1S/C11H11N5O2/c12-9(11(17)18)3-6-5-14-10-2-1-7(15-16-13)4-8(6)10/h1-2,4-5,9,14H,3,12H2,(H,17,18). The number of H-pyrrole nitrogens is 1. The van der Waals surface area contributed by atoms with Gasteiger partial charge in [0.1, 0.15) is 6.04 Å². The molecule has 1 unspecified atom stereocenters. The molecule has 92 valence electrons. The van der Waals surface area contributed by atoms with Crippen LogP contribution in [-0.4, -0.2) is 22.1 Å². The molecule has 0 radical (unpaired) electrons. The van der Waals surface area contributed by atoms with E-state index in [4.69, 9.17) is 16.4 Å². The Bertz CT molecular complexity index is 642. The molecule has 0 saturated heterocycles. The summed E-state index contributed by atoms with van der Waals surface area (Å²) in [5.74, 6) is -1.05. The van der Waals surface area contributed by atoms with Gasteiger partial charge in [-0.3, -0.25) is 4.79 Å². The van der Waals surface area contributed by atoms with Crippen LogP contribution in [0.15, 0.2) is 29.5 Å². The monoisotopic (exact) mass is 245 g/mol. The minimum Gasteiger partial charge on any atom is -0.480 e. The summed E-state index contributed by atoms with van der Waals surface area (Å²) >= 11 is 0. The number of rotatable bonds is 4. The highest BCUT2D eigenvalue weighted by atomic mass is 16.4. The third-order valence-electron chi connectivity index (χ3n) is 2.67. The Hall–Kier alpha value is -2.50. The summed E-state index contributed by atoms with van der Waals surface area (Å²) in [6.07, 6.45) is 1.93. The molecule has 1 heterocycles. The number of nitrogens with zero attached hydrogens (tertiary/aromatic N) is 3. The van der Waals surface area contributed by atoms with Crippen LogP contribution in [0.1, 0.15) is 5.56 Å². The molecule has 0 aliphatic carbocycles. The number of nitrogens with two attached hydrogens (primary N) is 1. The number of carbonyl (C=O) groups is 1. The average molecular weight is 245 g/mol. The molecule has 0 fully saturated rings. The average Bonchev–Trinajstić information content (AvgIpc) is 2.72. The summed E-state index contributed by atoms with van der Waals surface area (Å²) in [6, 6.07) is 4.21. The van der Waals surface area contributed by atoms with Crippen LogP contribution in [0.2, 0.25) is 0 Å². The summed E-state index contributed by atoms with van der Waals surface area (Å²) < 4.78 is 0. The molecule has 7 nitrogen and oxygen atoms in total. The first-order chi connectivity index (χ1) is 8.61. The molecule has 18 heavy (non-hydrogen) atoms. The van der Waals surface area contributed by atoms with E-state index in [1.54, 1.807) is 24.4 Å². The summed E-state index contributed by atoms with van der Waals surface area (Å²) in [6.45, 7) is 0. The molecule has 0 amide bonds. The van der Waals surface area contributed by atoms with E-state index >= 15 is 0 Å². The molecule has 0 aliphatic heterocycles. The van der Waals surface area contributed by atoms with Crippen molar-refractivity contribution in [2.75, 3.05) is 0 Å². The summed E-state index contributed by atoms with van der Waals surface area (Å²) in [5.41, 5.74) is 16.0. The first-order valence-electron chi connectivity index (χ1n) is 5.25. The van der Waals surface area contributed by atoms with Gasteiger partial charge in [-0.2, -0.15) is 0 Å². The molecule has 1 aromatic carbocycles. The van der Waals surface area contributed by atoms with Gasteiger partial charge in [-0.15, -0.1) is 0 Å². The number of hydrogen-bond donors (Lipinski definition) is 3. The number of aromatic amines is 1. The van der Waals surface area contributed by atoms with Crippen molar-refractivity contribution in [3.63, 3.8) is 0 Å². The number of fused-ring (bicyclic) bond motifs is 1. The van der Waals surface area contributed by atoms with Gasteiger partial charge in [0.05, 0.1) is 0 Å². The molecular weight excluding hydrogens is 234 g/mol. The van der Waals surface area contributed by atoms with Crippen molar-refractivity contribution >= 4 is 22.6 Å². The second kappa shape index (κ2) is 4.79. The predicted octanol–water partition coefficient (Wildman–Crippen LogP) is 2.06. The van der Waals surface area contributed by atoms with Gasteiger partial charge >= 0.3 is 5.97 Å². The van der Waals surface area contributed by atoms with Crippen molar-refractivity contribution < 1.29 is 9.90 Å². The quantitative estimate of drug-likeness (QED) is 0.433. The van der Waals surface area contributed by atoms with Crippen molar-refractivity contribution in [2.24, 2.45) is 10.8 Å². The van der Waals surface area contributed by atoms with Crippen LogP contribution >= 0.6 is 0 Å². The fraction of sp³-hybridized carbons (Fsp3) is 0.182. The number of azide groups is 1. The predicted molar refractivity (Wildman–Crippen MR) is 66.4 cm³/mol. The van der Waals surface area contributed by atoms with Crippen LogP contribution in [0.4, 0.5) is 5.69 Å². The lowest BCUT2D eigenvalue weighted by molar-refractivity contribution is -0.138. The Morgan fingerprint density at radius 1 is 1.61 bits per heavy atom. The number of benzene rings is 1. The molecule has 0 saturated carbocycles. The molecule has 0 aliphatic rings. The highest BCUT2D eigenvalue weighted by Crippen LogP contribution is 2.24. The number of nitrogens with one attached hydrogen (secondary N) is 1. The molecule has 2 rings (SSSR count). The maximum atomic E-state index is 10.7. The van der Waals surface area contributed by atoms with E-state index in [1.165, 1.54) is 0 Å². The second-order valence-electron chi connectivity index (χ2n) is 3.88. The molecule has 4 N–H and O–H groups in total. The van der Waals surface area contributed by atoms with E-state index in [0.29, 0.717) is 5.69 Å². The highest BCUT2D eigenvalue weighted by Gasteiger charge is 2.14. The summed E-state index contributed by atoms with van der Waals surface area (Å²) in [5, 5.41) is 13.1. The Morgan fingerprint density at radius 3 is 3.06 bits per heavy atom. The molecule has 0 spiro atoms. The largest absolute Gasteiger partial charge is 0.480 e. The van der Waals surface area contributed by atoms with Gasteiger partial charge in [-0.1, -0.05) is 11.2 Å². The van der Waals surface area contributed by atoms with E-state index < -0.39 is 12.0 Å². The summed E-state index contributed by atoms with van der Waals surface area (Å²) in [7, 11) is 0. The van der Waals surface area contributed by atoms with Gasteiger partial charge in [-0.25, -0.2) is 0 Å². The third-order valence-corrected chi connectivity index (χ3v) is 2.67. The van der Waals surface area contributed by atoms with Crippen LogP contribution in [0, 0.1) is 0 Å². The zero-order valence-corrected chi connectivity index (χ0v) is 9.37. The highest BCUT2D eigenvalue weighted by molar-refractivity contribution is 5.86. The van der Waals surface area contributed by atoms with Crippen LogP contribution in [0.25, 0.3) is 21.3 Å². The number of aliphatic carboxylic acids is 1. The van der Waals surface area contributed by atoms with Gasteiger partial charge in [0.15, 0.2) is 0 Å². The SMILES string of the molecule is [N-]=[N+]=Nc1ccc2[nH]cc(CC(N)C(=O)O)c2c1. The molecule has 0 bridgehead atoms.